The summed E-state index contributed by atoms with van der Waals surface area (Å²) in [4.78, 5) is 18.0. The summed E-state index contributed by atoms with van der Waals surface area (Å²) in [5.74, 6) is 1.41. The van der Waals surface area contributed by atoms with E-state index in [1.807, 2.05) is 6.07 Å². The number of likely N-dealkylation sites (tertiary alicyclic amines) is 1. The minimum atomic E-state index is -0.867. The van der Waals surface area contributed by atoms with E-state index in [2.05, 4.69) is 20.1 Å². The second kappa shape index (κ2) is 7.57. The summed E-state index contributed by atoms with van der Waals surface area (Å²) in [5.41, 5.74) is 0.997. The third-order valence-corrected chi connectivity index (χ3v) is 5.51. The van der Waals surface area contributed by atoms with Gasteiger partial charge in [-0.25, -0.2) is 0 Å². The molecule has 140 valence electrons. The number of aliphatic carboxylic acids is 1. The van der Waals surface area contributed by atoms with Gasteiger partial charge in [0.15, 0.2) is 5.82 Å². The maximum Gasteiger partial charge on any atom is 0.325 e. The van der Waals surface area contributed by atoms with E-state index in [1.165, 1.54) is 12.8 Å². The van der Waals surface area contributed by atoms with E-state index in [0.29, 0.717) is 12.5 Å². The third kappa shape index (κ3) is 3.80. The number of piperidine rings is 1. The van der Waals surface area contributed by atoms with Crippen molar-refractivity contribution in [3.8, 4) is 0 Å². The zero-order valence-electron chi connectivity index (χ0n) is 14.9. The molecule has 1 atom stereocenters. The fraction of sp³-hybridized carbons (Fsp3) is 0.667. The van der Waals surface area contributed by atoms with Gasteiger partial charge in [0.2, 0.25) is 5.89 Å². The van der Waals surface area contributed by atoms with Crippen LogP contribution in [0.4, 0.5) is 0 Å². The van der Waals surface area contributed by atoms with Gasteiger partial charge in [-0.05, 0) is 38.3 Å². The largest absolute Gasteiger partial charge is 0.480 e. The summed E-state index contributed by atoms with van der Waals surface area (Å²) >= 11 is 0. The molecule has 1 saturated heterocycles. The van der Waals surface area contributed by atoms with Crippen LogP contribution in [0.3, 0.4) is 0 Å². The minimum absolute atomic E-state index is 0.0889. The molecule has 26 heavy (non-hydrogen) atoms. The van der Waals surface area contributed by atoms with Gasteiger partial charge < -0.3 is 9.63 Å². The number of aromatic nitrogens is 4. The van der Waals surface area contributed by atoms with Gasteiger partial charge in [0.05, 0.1) is 6.54 Å². The van der Waals surface area contributed by atoms with Crippen LogP contribution in [0, 0.1) is 0 Å². The fourth-order valence-corrected chi connectivity index (χ4v) is 4.26. The molecule has 4 rings (SSSR count). The summed E-state index contributed by atoms with van der Waals surface area (Å²) in [6.07, 6.45) is 8.60. The van der Waals surface area contributed by atoms with Crippen LogP contribution in [0.1, 0.15) is 67.8 Å². The molecule has 3 heterocycles. The molecule has 1 saturated carbocycles. The van der Waals surface area contributed by atoms with E-state index in [4.69, 9.17) is 9.63 Å². The zero-order valence-corrected chi connectivity index (χ0v) is 14.9. The van der Waals surface area contributed by atoms with Crippen molar-refractivity contribution in [3.63, 3.8) is 0 Å². The lowest BCUT2D eigenvalue weighted by molar-refractivity contribution is -0.137. The van der Waals surface area contributed by atoms with E-state index >= 15 is 0 Å². The van der Waals surface area contributed by atoms with E-state index in [-0.39, 0.29) is 12.5 Å². The number of carboxylic acid groups (broad SMARTS) is 1. The second-order valence-corrected chi connectivity index (χ2v) is 7.41. The predicted molar refractivity (Wildman–Crippen MR) is 92.6 cm³/mol. The highest BCUT2D eigenvalue weighted by Crippen LogP contribution is 2.33. The second-order valence-electron chi connectivity index (χ2n) is 7.41. The van der Waals surface area contributed by atoms with Crippen molar-refractivity contribution < 1.29 is 14.4 Å². The summed E-state index contributed by atoms with van der Waals surface area (Å²) in [6, 6.07) is 1.93. The van der Waals surface area contributed by atoms with Gasteiger partial charge in [-0.15, -0.1) is 0 Å². The quantitative estimate of drug-likeness (QED) is 0.845. The lowest BCUT2D eigenvalue weighted by atomic mass is 9.94. The highest BCUT2D eigenvalue weighted by atomic mass is 16.5. The standard InChI is InChI=1S/C18H25N5O3/c24-17(25)12-23-15(7-8-19-23)14-6-3-9-22(10-14)11-16-20-18(26-21-16)13-4-1-2-5-13/h7-8,13-14H,1-6,9-12H2,(H,24,25)/t14-/m1/s1. The van der Waals surface area contributed by atoms with Gasteiger partial charge in [-0.1, -0.05) is 18.0 Å². The van der Waals surface area contributed by atoms with Crippen LogP contribution in [0.15, 0.2) is 16.8 Å². The molecule has 0 unspecified atom stereocenters. The number of hydrogen-bond donors (Lipinski definition) is 1. The number of nitrogens with zero attached hydrogens (tertiary/aromatic N) is 5. The molecule has 2 aromatic heterocycles. The molecule has 2 aliphatic rings. The molecule has 0 bridgehead atoms. The molecule has 8 nitrogen and oxygen atoms in total. The normalized spacial score (nSPS) is 22.1. The molecular weight excluding hydrogens is 334 g/mol. The van der Waals surface area contributed by atoms with E-state index in [9.17, 15) is 4.79 Å². The van der Waals surface area contributed by atoms with Gasteiger partial charge >= 0.3 is 5.97 Å². The molecule has 0 amide bonds. The Morgan fingerprint density at radius 2 is 2.04 bits per heavy atom. The Balaban J connectivity index is 1.39. The number of rotatable bonds is 6. The minimum Gasteiger partial charge on any atom is -0.480 e. The first-order valence-corrected chi connectivity index (χ1v) is 9.47. The van der Waals surface area contributed by atoms with Crippen LogP contribution in [0.25, 0.3) is 0 Å². The van der Waals surface area contributed by atoms with Crippen molar-refractivity contribution in [3.05, 3.63) is 29.7 Å². The Bertz CT molecular complexity index is 750. The summed E-state index contributed by atoms with van der Waals surface area (Å²) in [7, 11) is 0. The van der Waals surface area contributed by atoms with Crippen LogP contribution in [0.2, 0.25) is 0 Å². The molecule has 0 spiro atoms. The van der Waals surface area contributed by atoms with Crippen molar-refractivity contribution in [2.45, 2.75) is 63.5 Å². The van der Waals surface area contributed by atoms with E-state index in [0.717, 1.165) is 56.2 Å². The van der Waals surface area contributed by atoms with Gasteiger partial charge in [0.25, 0.3) is 0 Å². The van der Waals surface area contributed by atoms with Gasteiger partial charge in [-0.2, -0.15) is 10.1 Å². The van der Waals surface area contributed by atoms with Crippen molar-refractivity contribution in [2.24, 2.45) is 0 Å². The van der Waals surface area contributed by atoms with Gasteiger partial charge in [0, 0.05) is 30.3 Å². The molecule has 0 radical (unpaired) electrons. The monoisotopic (exact) mass is 359 g/mol. The van der Waals surface area contributed by atoms with Crippen molar-refractivity contribution >= 4 is 5.97 Å². The molecule has 2 fully saturated rings. The van der Waals surface area contributed by atoms with Crippen molar-refractivity contribution in [1.82, 2.24) is 24.8 Å². The van der Waals surface area contributed by atoms with Crippen LogP contribution in [-0.4, -0.2) is 49.0 Å². The zero-order chi connectivity index (χ0) is 17.9. The smallest absolute Gasteiger partial charge is 0.325 e. The first-order chi connectivity index (χ1) is 12.7. The van der Waals surface area contributed by atoms with Crippen LogP contribution >= 0.6 is 0 Å². The van der Waals surface area contributed by atoms with Crippen molar-refractivity contribution in [2.75, 3.05) is 13.1 Å². The fourth-order valence-electron chi connectivity index (χ4n) is 4.26. The Labute approximate surface area is 152 Å². The van der Waals surface area contributed by atoms with E-state index < -0.39 is 5.97 Å². The Hall–Kier alpha value is -2.22. The molecule has 0 aromatic carbocycles. The lowest BCUT2D eigenvalue weighted by Gasteiger charge is -2.32. The van der Waals surface area contributed by atoms with Gasteiger partial charge in [0.1, 0.15) is 6.54 Å². The number of carbonyl (C=O) groups is 1. The molecular formula is C18H25N5O3. The Kier molecular flexibility index (Phi) is 5.01. The van der Waals surface area contributed by atoms with Crippen LogP contribution in [-0.2, 0) is 17.9 Å². The predicted octanol–water partition coefficient (Wildman–Crippen LogP) is 2.39. The summed E-state index contributed by atoms with van der Waals surface area (Å²) < 4.78 is 7.09. The molecule has 1 aliphatic carbocycles. The maximum atomic E-state index is 11.0. The molecule has 2 aromatic rings. The Morgan fingerprint density at radius 1 is 1.23 bits per heavy atom. The SMILES string of the molecule is O=C(O)Cn1nccc1[C@@H]1CCCN(Cc2noc(C3CCCC3)n2)C1. The lowest BCUT2D eigenvalue weighted by Crippen LogP contribution is -2.35. The number of carboxylic acids is 1. The molecule has 8 heteroatoms. The van der Waals surface area contributed by atoms with Crippen molar-refractivity contribution in [1.29, 1.82) is 0 Å². The topological polar surface area (TPSA) is 97.3 Å². The third-order valence-electron chi connectivity index (χ3n) is 5.51. The van der Waals surface area contributed by atoms with Crippen LogP contribution in [0.5, 0.6) is 0 Å². The maximum absolute atomic E-state index is 11.0. The summed E-state index contributed by atoms with van der Waals surface area (Å²) in [6.45, 7) is 2.45. The summed E-state index contributed by atoms with van der Waals surface area (Å²) in [5, 5.41) is 17.4. The average Bonchev–Trinajstić information content (AvgIpc) is 3.36. The Morgan fingerprint density at radius 3 is 2.85 bits per heavy atom. The molecule has 1 N–H and O–H groups in total. The highest BCUT2D eigenvalue weighted by Gasteiger charge is 2.27. The van der Waals surface area contributed by atoms with E-state index in [1.54, 1.807) is 10.9 Å². The highest BCUT2D eigenvalue weighted by molar-refractivity contribution is 5.66. The first kappa shape index (κ1) is 17.2. The average molecular weight is 359 g/mol. The number of hydrogen-bond acceptors (Lipinski definition) is 6. The van der Waals surface area contributed by atoms with Crippen LogP contribution < -0.4 is 0 Å². The molecule has 1 aliphatic heterocycles. The van der Waals surface area contributed by atoms with Gasteiger partial charge in [-0.3, -0.25) is 14.4 Å². The first-order valence-electron chi connectivity index (χ1n) is 9.47.